The molecule has 118 valence electrons. The maximum atomic E-state index is 11.9. The number of aromatic nitrogens is 2. The van der Waals surface area contributed by atoms with E-state index in [9.17, 15) is 4.79 Å². The fourth-order valence-corrected chi connectivity index (χ4v) is 3.03. The molecule has 2 rings (SSSR count). The van der Waals surface area contributed by atoms with Crippen molar-refractivity contribution in [1.82, 2.24) is 10.2 Å². The van der Waals surface area contributed by atoms with Crippen LogP contribution in [-0.2, 0) is 4.79 Å². The van der Waals surface area contributed by atoms with Gasteiger partial charge in [-0.05, 0) is 24.1 Å². The zero-order chi connectivity index (χ0) is 15.9. The van der Waals surface area contributed by atoms with Crippen LogP contribution in [0.3, 0.4) is 0 Å². The number of hydrogen-bond acceptors (Lipinski definition) is 6. The smallest absolute Gasteiger partial charge is 0.234 e. The monoisotopic (exact) mass is 357 g/mol. The highest BCUT2D eigenvalue weighted by molar-refractivity contribution is 8.01. The Morgan fingerprint density at radius 3 is 2.95 bits per heavy atom. The van der Waals surface area contributed by atoms with Crippen molar-refractivity contribution in [2.75, 3.05) is 17.7 Å². The van der Waals surface area contributed by atoms with Crippen LogP contribution in [0, 0.1) is 5.92 Å². The second-order valence-corrected chi connectivity index (χ2v) is 7.35. The number of amides is 1. The molecular weight excluding hydrogens is 342 g/mol. The van der Waals surface area contributed by atoms with Crippen molar-refractivity contribution in [2.45, 2.75) is 18.2 Å². The van der Waals surface area contributed by atoms with Crippen LogP contribution in [-0.4, -0.2) is 28.5 Å². The topological polar surface area (TPSA) is 64.1 Å². The second-order valence-electron chi connectivity index (χ2n) is 4.89. The van der Waals surface area contributed by atoms with E-state index in [0.717, 1.165) is 4.34 Å². The van der Waals surface area contributed by atoms with Gasteiger partial charge in [-0.15, -0.1) is 10.2 Å². The Hall–Kier alpha value is -1.31. The predicted molar refractivity (Wildman–Crippen MR) is 91.0 cm³/mol. The van der Waals surface area contributed by atoms with Crippen molar-refractivity contribution in [3.8, 4) is 5.75 Å². The normalized spacial score (nSPS) is 10.7. The number of rotatable bonds is 7. The molecule has 1 aromatic carbocycles. The van der Waals surface area contributed by atoms with Gasteiger partial charge in [0.05, 0.1) is 17.4 Å². The van der Waals surface area contributed by atoms with E-state index in [0.29, 0.717) is 29.0 Å². The number of halogens is 1. The van der Waals surface area contributed by atoms with E-state index in [1.54, 1.807) is 23.7 Å². The lowest BCUT2D eigenvalue weighted by Crippen LogP contribution is -2.14. The van der Waals surface area contributed by atoms with Gasteiger partial charge >= 0.3 is 0 Å². The number of carbonyl (C=O) groups excluding carboxylic acids is 1. The van der Waals surface area contributed by atoms with Crippen LogP contribution in [0.2, 0.25) is 5.02 Å². The van der Waals surface area contributed by atoms with E-state index in [4.69, 9.17) is 16.3 Å². The molecule has 2 aromatic rings. The van der Waals surface area contributed by atoms with Gasteiger partial charge in [-0.25, -0.2) is 0 Å². The third-order valence-corrected chi connectivity index (χ3v) is 4.61. The average Bonchev–Trinajstić information content (AvgIpc) is 2.97. The fraction of sp³-hybridized carbons (Fsp3) is 0.357. The van der Waals surface area contributed by atoms with Gasteiger partial charge in [-0.1, -0.05) is 48.5 Å². The Morgan fingerprint density at radius 2 is 2.32 bits per heavy atom. The number of ether oxygens (including phenoxy) is 1. The number of anilines is 1. The van der Waals surface area contributed by atoms with Crippen LogP contribution in [0.5, 0.6) is 5.75 Å². The largest absolute Gasteiger partial charge is 0.492 e. The molecule has 0 aliphatic heterocycles. The lowest BCUT2D eigenvalue weighted by atomic mass is 10.2. The first-order chi connectivity index (χ1) is 10.5. The van der Waals surface area contributed by atoms with Gasteiger partial charge in [0, 0.05) is 5.69 Å². The quantitative estimate of drug-likeness (QED) is 0.760. The molecule has 0 atom stereocenters. The van der Waals surface area contributed by atoms with Crippen LogP contribution >= 0.6 is 34.7 Å². The summed E-state index contributed by atoms with van der Waals surface area (Å²) in [5, 5.41) is 10.9. The molecule has 0 radical (unpaired) electrons. The third kappa shape index (κ3) is 5.47. The Labute approximate surface area is 142 Å². The minimum absolute atomic E-state index is 0.118. The standard InChI is InChI=1S/C14H16ClN3O2S2/c1-9(2)6-20-12-4-3-10(5-11(12)15)17-13(19)7-21-14-18-16-8-22-14/h3-5,8-9H,6-7H2,1-2H3,(H,17,19). The lowest BCUT2D eigenvalue weighted by Gasteiger charge is -2.11. The van der Waals surface area contributed by atoms with Gasteiger partial charge in [-0.3, -0.25) is 4.79 Å². The molecule has 0 spiro atoms. The van der Waals surface area contributed by atoms with Gasteiger partial charge in [0.15, 0.2) is 4.34 Å². The van der Waals surface area contributed by atoms with Crippen molar-refractivity contribution in [3.05, 3.63) is 28.7 Å². The summed E-state index contributed by atoms with van der Waals surface area (Å²) in [6, 6.07) is 5.22. The Kier molecular flexibility index (Phi) is 6.48. The van der Waals surface area contributed by atoms with Gasteiger partial charge in [0.25, 0.3) is 0 Å². The fourth-order valence-electron chi connectivity index (χ4n) is 1.50. The highest BCUT2D eigenvalue weighted by Crippen LogP contribution is 2.28. The lowest BCUT2D eigenvalue weighted by molar-refractivity contribution is -0.113. The zero-order valence-electron chi connectivity index (χ0n) is 12.2. The summed E-state index contributed by atoms with van der Waals surface area (Å²) in [5.74, 6) is 1.20. The molecule has 1 amide bonds. The molecule has 0 aliphatic rings. The molecule has 0 unspecified atom stereocenters. The summed E-state index contributed by atoms with van der Waals surface area (Å²) in [4.78, 5) is 11.9. The SMILES string of the molecule is CC(C)COc1ccc(NC(=O)CSc2nncs2)cc1Cl. The van der Waals surface area contributed by atoms with Crippen molar-refractivity contribution in [2.24, 2.45) is 5.92 Å². The van der Waals surface area contributed by atoms with E-state index in [-0.39, 0.29) is 11.7 Å². The van der Waals surface area contributed by atoms with Crippen molar-refractivity contribution in [3.63, 3.8) is 0 Å². The summed E-state index contributed by atoms with van der Waals surface area (Å²) >= 11 is 8.91. The summed E-state index contributed by atoms with van der Waals surface area (Å²) < 4.78 is 6.36. The van der Waals surface area contributed by atoms with Gasteiger partial charge in [0.2, 0.25) is 5.91 Å². The van der Waals surface area contributed by atoms with Gasteiger partial charge in [-0.2, -0.15) is 0 Å². The van der Waals surface area contributed by atoms with Crippen LogP contribution in [0.25, 0.3) is 0 Å². The summed E-state index contributed by atoms with van der Waals surface area (Å²) in [6.45, 7) is 4.74. The van der Waals surface area contributed by atoms with E-state index >= 15 is 0 Å². The third-order valence-electron chi connectivity index (χ3n) is 2.45. The van der Waals surface area contributed by atoms with E-state index in [1.807, 2.05) is 0 Å². The number of benzene rings is 1. The maximum Gasteiger partial charge on any atom is 0.234 e. The highest BCUT2D eigenvalue weighted by atomic mass is 35.5. The number of thioether (sulfide) groups is 1. The first-order valence-corrected chi connectivity index (χ1v) is 8.90. The maximum absolute atomic E-state index is 11.9. The zero-order valence-corrected chi connectivity index (χ0v) is 14.6. The average molecular weight is 358 g/mol. The second kappa shape index (κ2) is 8.36. The molecule has 5 nitrogen and oxygen atoms in total. The molecule has 1 N–H and O–H groups in total. The molecule has 1 aromatic heterocycles. The first-order valence-electron chi connectivity index (χ1n) is 6.65. The number of hydrogen-bond donors (Lipinski definition) is 1. The summed E-state index contributed by atoms with van der Waals surface area (Å²) in [6.07, 6.45) is 0. The van der Waals surface area contributed by atoms with Crippen molar-refractivity contribution >= 4 is 46.3 Å². The molecule has 0 bridgehead atoms. The van der Waals surface area contributed by atoms with Crippen LogP contribution in [0.1, 0.15) is 13.8 Å². The van der Waals surface area contributed by atoms with E-state index < -0.39 is 0 Å². The molecule has 0 fully saturated rings. The predicted octanol–water partition coefficient (Wildman–Crippen LogP) is 3.96. The van der Waals surface area contributed by atoms with Crippen molar-refractivity contribution < 1.29 is 9.53 Å². The summed E-state index contributed by atoms with van der Waals surface area (Å²) in [5.41, 5.74) is 2.28. The first kappa shape index (κ1) is 17.1. The van der Waals surface area contributed by atoms with Gasteiger partial charge < -0.3 is 10.1 Å². The van der Waals surface area contributed by atoms with Crippen LogP contribution < -0.4 is 10.1 Å². The Balaban J connectivity index is 1.87. The van der Waals surface area contributed by atoms with Crippen LogP contribution in [0.15, 0.2) is 28.0 Å². The Morgan fingerprint density at radius 1 is 1.50 bits per heavy atom. The Bertz CT molecular complexity index is 621. The number of nitrogens with one attached hydrogen (secondary N) is 1. The number of carbonyl (C=O) groups is 1. The van der Waals surface area contributed by atoms with E-state index in [2.05, 4.69) is 29.4 Å². The van der Waals surface area contributed by atoms with Gasteiger partial charge in [0.1, 0.15) is 11.3 Å². The van der Waals surface area contributed by atoms with Crippen molar-refractivity contribution in [1.29, 1.82) is 0 Å². The summed E-state index contributed by atoms with van der Waals surface area (Å²) in [7, 11) is 0. The molecule has 0 saturated heterocycles. The van der Waals surface area contributed by atoms with Crippen LogP contribution in [0.4, 0.5) is 5.69 Å². The molecule has 0 saturated carbocycles. The van der Waals surface area contributed by atoms with E-state index in [1.165, 1.54) is 23.1 Å². The molecule has 0 aliphatic carbocycles. The molecular formula is C14H16ClN3O2S2. The number of nitrogens with zero attached hydrogens (tertiary/aromatic N) is 2. The molecule has 8 heteroatoms. The molecule has 1 heterocycles. The highest BCUT2D eigenvalue weighted by Gasteiger charge is 2.08. The minimum atomic E-state index is -0.118. The minimum Gasteiger partial charge on any atom is -0.492 e. The molecule has 22 heavy (non-hydrogen) atoms.